The minimum atomic E-state index is -4.51. The van der Waals surface area contributed by atoms with Crippen LogP contribution in [-0.2, 0) is 24.1 Å². The van der Waals surface area contributed by atoms with Gasteiger partial charge in [-0.2, -0.15) is 18.3 Å². The van der Waals surface area contributed by atoms with E-state index in [4.69, 9.17) is 0 Å². The molecule has 0 aromatic carbocycles. The lowest BCUT2D eigenvalue weighted by molar-refractivity contribution is -0.141. The van der Waals surface area contributed by atoms with Gasteiger partial charge in [-0.05, 0) is 35.9 Å². The summed E-state index contributed by atoms with van der Waals surface area (Å²) in [6.45, 7) is 4.80. The summed E-state index contributed by atoms with van der Waals surface area (Å²) in [6, 6.07) is 5.90. The molecule has 0 bridgehead atoms. The molecule has 4 heterocycles. The van der Waals surface area contributed by atoms with E-state index < -0.39 is 11.9 Å². The lowest BCUT2D eigenvalue weighted by atomic mass is 9.99. The molecule has 148 valence electrons. The summed E-state index contributed by atoms with van der Waals surface area (Å²) in [5.74, 6) is -0.184. The molecule has 0 saturated heterocycles. The zero-order valence-corrected chi connectivity index (χ0v) is 15.2. The number of carbonyl (C=O) groups is 1. The van der Waals surface area contributed by atoms with Gasteiger partial charge >= 0.3 is 6.18 Å². The third-order valence-electron chi connectivity index (χ3n) is 4.76. The van der Waals surface area contributed by atoms with Crippen LogP contribution in [0.4, 0.5) is 13.2 Å². The molecule has 4 rings (SSSR count). The van der Waals surface area contributed by atoms with Crippen molar-refractivity contribution < 1.29 is 18.0 Å². The van der Waals surface area contributed by atoms with Gasteiger partial charge in [-0.25, -0.2) is 0 Å². The van der Waals surface area contributed by atoms with Crippen molar-refractivity contribution in [1.29, 1.82) is 0 Å². The summed E-state index contributed by atoms with van der Waals surface area (Å²) in [6.07, 6.45) is 1.19. The zero-order valence-electron chi connectivity index (χ0n) is 15.2. The van der Waals surface area contributed by atoms with Crippen molar-refractivity contribution in [3.05, 3.63) is 66.9 Å². The van der Waals surface area contributed by atoms with Gasteiger partial charge in [0.2, 0.25) is 5.91 Å². The van der Waals surface area contributed by atoms with Gasteiger partial charge in [-0.3, -0.25) is 19.4 Å². The summed E-state index contributed by atoms with van der Waals surface area (Å²) in [4.78, 5) is 21.3. The lowest BCUT2D eigenvalue weighted by Crippen LogP contribution is -2.37. The third-order valence-corrected chi connectivity index (χ3v) is 4.76. The summed E-state index contributed by atoms with van der Waals surface area (Å²) in [5.41, 5.74) is 2.37. The van der Waals surface area contributed by atoms with Crippen molar-refractivity contribution in [2.75, 3.05) is 6.54 Å². The minimum Gasteiger partial charge on any atom is -0.331 e. The maximum atomic E-state index is 12.9. The van der Waals surface area contributed by atoms with E-state index in [2.05, 4.69) is 21.6 Å². The Labute approximate surface area is 164 Å². The predicted molar refractivity (Wildman–Crippen MR) is 99.3 cm³/mol. The summed E-state index contributed by atoms with van der Waals surface area (Å²) < 4.78 is 40.4. The smallest absolute Gasteiger partial charge is 0.331 e. The third kappa shape index (κ3) is 3.51. The molecular weight excluding hydrogens is 383 g/mol. The fourth-order valence-corrected chi connectivity index (χ4v) is 3.36. The number of nitrogens with zero attached hydrogens (tertiary/aromatic N) is 5. The van der Waals surface area contributed by atoms with E-state index in [0.717, 1.165) is 22.9 Å². The van der Waals surface area contributed by atoms with Crippen LogP contribution in [0, 0.1) is 0 Å². The number of hydrogen-bond acceptors (Lipinski definition) is 4. The molecule has 0 spiro atoms. The van der Waals surface area contributed by atoms with Gasteiger partial charge in [0.25, 0.3) is 0 Å². The lowest BCUT2D eigenvalue weighted by Gasteiger charge is -2.27. The molecule has 6 nitrogen and oxygen atoms in total. The second-order valence-corrected chi connectivity index (χ2v) is 6.52. The van der Waals surface area contributed by atoms with Gasteiger partial charge in [0.1, 0.15) is 11.4 Å². The van der Waals surface area contributed by atoms with Crippen LogP contribution in [0.3, 0.4) is 0 Å². The van der Waals surface area contributed by atoms with Gasteiger partial charge in [-0.1, -0.05) is 6.58 Å². The molecule has 1 amide bonds. The number of fused-ring (bicyclic) bond motifs is 1. The van der Waals surface area contributed by atoms with Crippen molar-refractivity contribution in [3.63, 3.8) is 0 Å². The highest BCUT2D eigenvalue weighted by atomic mass is 19.4. The van der Waals surface area contributed by atoms with Gasteiger partial charge < -0.3 is 4.90 Å². The Morgan fingerprint density at radius 3 is 2.48 bits per heavy atom. The molecule has 0 atom stereocenters. The standard InChI is InChI=1S/C20H16F3N5O/c1-2-17(29)27-9-10-28-15(12-27)18(13-5-7-24-8-6-13)19(26-28)14-3-4-16(25-11-14)20(21,22)23/h2-8,11H,1,9-10,12H2. The highest BCUT2D eigenvalue weighted by Crippen LogP contribution is 2.37. The van der Waals surface area contributed by atoms with Crippen LogP contribution < -0.4 is 0 Å². The van der Waals surface area contributed by atoms with E-state index in [1.165, 1.54) is 18.3 Å². The average Bonchev–Trinajstić information content (AvgIpc) is 3.12. The van der Waals surface area contributed by atoms with Crippen LogP contribution in [0.25, 0.3) is 22.4 Å². The van der Waals surface area contributed by atoms with Gasteiger partial charge in [0, 0.05) is 36.3 Å². The van der Waals surface area contributed by atoms with Crippen LogP contribution in [0.5, 0.6) is 0 Å². The number of hydrogen-bond donors (Lipinski definition) is 0. The molecule has 3 aromatic heterocycles. The van der Waals surface area contributed by atoms with Crippen molar-refractivity contribution in [1.82, 2.24) is 24.6 Å². The number of aromatic nitrogens is 4. The Morgan fingerprint density at radius 1 is 1.10 bits per heavy atom. The van der Waals surface area contributed by atoms with Crippen LogP contribution in [0.1, 0.15) is 11.4 Å². The Morgan fingerprint density at radius 2 is 1.86 bits per heavy atom. The molecule has 0 radical (unpaired) electrons. The Hall–Kier alpha value is -3.49. The second-order valence-electron chi connectivity index (χ2n) is 6.52. The van der Waals surface area contributed by atoms with Gasteiger partial charge in [0.15, 0.2) is 0 Å². The van der Waals surface area contributed by atoms with Crippen LogP contribution in [0.2, 0.25) is 0 Å². The molecule has 1 aliphatic heterocycles. The highest BCUT2D eigenvalue weighted by Gasteiger charge is 2.33. The first kappa shape index (κ1) is 18.9. The second kappa shape index (κ2) is 7.16. The number of alkyl halides is 3. The molecule has 0 fully saturated rings. The Balaban J connectivity index is 1.84. The molecule has 1 aliphatic rings. The average molecular weight is 399 g/mol. The number of rotatable bonds is 3. The van der Waals surface area contributed by atoms with Crippen molar-refractivity contribution in [3.8, 4) is 22.4 Å². The maximum Gasteiger partial charge on any atom is 0.433 e. The zero-order chi connectivity index (χ0) is 20.6. The van der Waals surface area contributed by atoms with Crippen LogP contribution in [-0.4, -0.2) is 37.1 Å². The van der Waals surface area contributed by atoms with Crippen LogP contribution in [0.15, 0.2) is 55.5 Å². The fraction of sp³-hybridized carbons (Fsp3) is 0.200. The first-order valence-corrected chi connectivity index (χ1v) is 8.83. The molecular formula is C20H16F3N5O. The summed E-state index contributed by atoms with van der Waals surface area (Å²) in [5, 5.41) is 4.62. The summed E-state index contributed by atoms with van der Waals surface area (Å²) >= 11 is 0. The normalized spacial score (nSPS) is 13.8. The topological polar surface area (TPSA) is 63.9 Å². The first-order chi connectivity index (χ1) is 13.9. The van der Waals surface area contributed by atoms with E-state index in [0.29, 0.717) is 30.9 Å². The fourth-order valence-electron chi connectivity index (χ4n) is 3.36. The Bertz CT molecular complexity index is 1060. The number of carbonyl (C=O) groups excluding carboxylic acids is 1. The van der Waals surface area contributed by atoms with E-state index in [-0.39, 0.29) is 5.91 Å². The molecule has 0 unspecified atom stereocenters. The molecule has 3 aromatic rings. The van der Waals surface area contributed by atoms with Crippen molar-refractivity contribution in [2.45, 2.75) is 19.3 Å². The van der Waals surface area contributed by atoms with E-state index in [9.17, 15) is 18.0 Å². The summed E-state index contributed by atoms with van der Waals surface area (Å²) in [7, 11) is 0. The van der Waals surface area contributed by atoms with E-state index >= 15 is 0 Å². The largest absolute Gasteiger partial charge is 0.433 e. The maximum absolute atomic E-state index is 12.9. The number of halogens is 3. The minimum absolute atomic E-state index is 0.184. The van der Waals surface area contributed by atoms with Gasteiger partial charge in [0.05, 0.1) is 18.8 Å². The first-order valence-electron chi connectivity index (χ1n) is 8.83. The molecule has 29 heavy (non-hydrogen) atoms. The number of amides is 1. The monoisotopic (exact) mass is 399 g/mol. The quantitative estimate of drug-likeness (QED) is 0.632. The van der Waals surface area contributed by atoms with Crippen LogP contribution >= 0.6 is 0 Å². The van der Waals surface area contributed by atoms with E-state index in [1.807, 2.05) is 0 Å². The molecule has 0 N–H and O–H groups in total. The molecule has 0 aliphatic carbocycles. The Kier molecular flexibility index (Phi) is 4.65. The number of pyridine rings is 2. The van der Waals surface area contributed by atoms with Crippen molar-refractivity contribution in [2.24, 2.45) is 0 Å². The van der Waals surface area contributed by atoms with Crippen molar-refractivity contribution >= 4 is 5.91 Å². The highest BCUT2D eigenvalue weighted by molar-refractivity contribution is 5.88. The predicted octanol–water partition coefficient (Wildman–Crippen LogP) is 3.55. The SMILES string of the molecule is C=CC(=O)N1CCn2nc(-c3ccc(C(F)(F)F)nc3)c(-c3ccncc3)c2C1. The van der Waals surface area contributed by atoms with E-state index in [1.54, 1.807) is 34.1 Å². The van der Waals surface area contributed by atoms with Gasteiger partial charge in [-0.15, -0.1) is 0 Å². The molecule has 9 heteroatoms. The molecule has 0 saturated carbocycles.